The van der Waals surface area contributed by atoms with E-state index in [1.165, 1.54) is 17.0 Å². The Labute approximate surface area is 239 Å². The molecule has 3 rings (SSSR count). The largest absolute Gasteiger partial charge is 0.352 e. The molecule has 1 N–H and O–H groups in total. The van der Waals surface area contributed by atoms with Crippen molar-refractivity contribution in [3.63, 3.8) is 0 Å². The number of rotatable bonds is 11. The lowest BCUT2D eigenvalue weighted by Gasteiger charge is -2.32. The summed E-state index contributed by atoms with van der Waals surface area (Å²) in [6.07, 6.45) is 0.750. The fourth-order valence-corrected chi connectivity index (χ4v) is 5.67. The number of carbonyl (C=O) groups excluding carboxylic acids is 2. The number of carbonyl (C=O) groups is 2. The van der Waals surface area contributed by atoms with Gasteiger partial charge in [0.1, 0.15) is 12.6 Å². The zero-order chi connectivity index (χ0) is 27.9. The average Bonchev–Trinajstić information content (AvgIpc) is 2.91. The van der Waals surface area contributed by atoms with Crippen LogP contribution in [0.2, 0.25) is 0 Å². The van der Waals surface area contributed by atoms with Gasteiger partial charge in [0.15, 0.2) is 0 Å². The van der Waals surface area contributed by atoms with Crippen LogP contribution in [0, 0.1) is 10.5 Å². The third-order valence-corrected chi connectivity index (χ3v) is 9.00. The summed E-state index contributed by atoms with van der Waals surface area (Å²) in [5, 5.41) is 2.95. The molecule has 0 unspecified atom stereocenters. The van der Waals surface area contributed by atoms with Crippen LogP contribution >= 0.6 is 22.6 Å². The van der Waals surface area contributed by atoms with Gasteiger partial charge in [-0.15, -0.1) is 0 Å². The van der Waals surface area contributed by atoms with Gasteiger partial charge >= 0.3 is 0 Å². The minimum absolute atomic E-state index is 0.0536. The van der Waals surface area contributed by atoms with Gasteiger partial charge in [0.2, 0.25) is 11.8 Å². The third kappa shape index (κ3) is 7.35. The number of anilines is 1. The monoisotopic (exact) mass is 647 g/mol. The summed E-state index contributed by atoms with van der Waals surface area (Å²) in [6.45, 7) is 7.22. The summed E-state index contributed by atoms with van der Waals surface area (Å²) in [5.41, 5.74) is 2.23. The van der Waals surface area contributed by atoms with Crippen LogP contribution in [0.4, 0.5) is 5.69 Å². The number of aryl methyl sites for hydroxylation is 1. The van der Waals surface area contributed by atoms with Crippen molar-refractivity contribution in [2.24, 2.45) is 0 Å². The van der Waals surface area contributed by atoms with Crippen LogP contribution in [0.15, 0.2) is 83.8 Å². The fourth-order valence-electron chi connectivity index (χ4n) is 3.87. The van der Waals surface area contributed by atoms with Crippen molar-refractivity contribution in [2.45, 2.75) is 57.6 Å². The van der Waals surface area contributed by atoms with Gasteiger partial charge in [-0.1, -0.05) is 49.4 Å². The fraction of sp³-hybridized carbons (Fsp3) is 0.310. The smallest absolute Gasteiger partial charge is 0.264 e. The van der Waals surface area contributed by atoms with Gasteiger partial charge < -0.3 is 10.2 Å². The number of sulfonamides is 1. The maximum absolute atomic E-state index is 13.9. The molecule has 2 amide bonds. The second kappa shape index (κ2) is 13.2. The first-order valence-corrected chi connectivity index (χ1v) is 15.0. The molecule has 0 aliphatic carbocycles. The van der Waals surface area contributed by atoms with Crippen LogP contribution in [0.1, 0.15) is 38.3 Å². The quantitative estimate of drug-likeness (QED) is 0.293. The molecule has 3 aromatic rings. The highest BCUT2D eigenvalue weighted by molar-refractivity contribution is 14.1. The maximum atomic E-state index is 13.9. The van der Waals surface area contributed by atoms with E-state index in [-0.39, 0.29) is 23.4 Å². The molecular weight excluding hydrogens is 613 g/mol. The minimum Gasteiger partial charge on any atom is -0.352 e. The predicted molar refractivity (Wildman–Crippen MR) is 159 cm³/mol. The second-order valence-corrected chi connectivity index (χ2v) is 12.4. The van der Waals surface area contributed by atoms with Gasteiger partial charge in [0.25, 0.3) is 10.0 Å². The topological polar surface area (TPSA) is 86.8 Å². The van der Waals surface area contributed by atoms with E-state index in [0.29, 0.717) is 5.69 Å². The number of hydrogen-bond acceptors (Lipinski definition) is 4. The summed E-state index contributed by atoms with van der Waals surface area (Å²) < 4.78 is 29.6. The second-order valence-electron chi connectivity index (χ2n) is 9.24. The molecule has 0 heterocycles. The molecular formula is C29H34IN3O4S. The molecule has 0 saturated carbocycles. The first-order valence-electron chi connectivity index (χ1n) is 12.5. The highest BCUT2D eigenvalue weighted by Gasteiger charge is 2.32. The van der Waals surface area contributed by atoms with E-state index in [1.54, 1.807) is 49.4 Å². The Kier molecular flexibility index (Phi) is 10.3. The first kappa shape index (κ1) is 29.6. The van der Waals surface area contributed by atoms with Crippen molar-refractivity contribution in [3.05, 3.63) is 93.6 Å². The Balaban J connectivity index is 2.02. The van der Waals surface area contributed by atoms with Crippen molar-refractivity contribution >= 4 is 50.1 Å². The zero-order valence-corrected chi connectivity index (χ0v) is 25.1. The minimum atomic E-state index is -4.06. The Morgan fingerprint density at radius 3 is 2.13 bits per heavy atom. The molecule has 0 spiro atoms. The lowest BCUT2D eigenvalue weighted by molar-refractivity contribution is -0.139. The van der Waals surface area contributed by atoms with Gasteiger partial charge in [-0.05, 0) is 97.3 Å². The molecule has 3 aromatic carbocycles. The van der Waals surface area contributed by atoms with Crippen molar-refractivity contribution in [1.82, 2.24) is 10.2 Å². The van der Waals surface area contributed by atoms with Crippen LogP contribution in [0.5, 0.6) is 0 Å². The molecule has 0 aliphatic rings. The van der Waals surface area contributed by atoms with E-state index in [9.17, 15) is 18.0 Å². The number of halogens is 1. The van der Waals surface area contributed by atoms with Crippen LogP contribution in [0.3, 0.4) is 0 Å². The summed E-state index contributed by atoms with van der Waals surface area (Å²) in [6, 6.07) is 21.8. The number of nitrogens with one attached hydrogen (secondary N) is 1. The van der Waals surface area contributed by atoms with Gasteiger partial charge in [-0.25, -0.2) is 8.42 Å². The van der Waals surface area contributed by atoms with Gasteiger partial charge in [0, 0.05) is 16.2 Å². The third-order valence-electron chi connectivity index (χ3n) is 6.49. The van der Waals surface area contributed by atoms with E-state index in [4.69, 9.17) is 0 Å². The van der Waals surface area contributed by atoms with E-state index >= 15 is 0 Å². The SMILES string of the molecule is CC[C@H](C)NC(=O)[C@@H](C)N(Cc1ccccc1C)C(=O)CN(c1ccc(I)cc1)S(=O)(=O)c1ccccc1. The van der Waals surface area contributed by atoms with Crippen LogP contribution in [-0.4, -0.2) is 43.8 Å². The zero-order valence-electron chi connectivity index (χ0n) is 22.1. The lowest BCUT2D eigenvalue weighted by atomic mass is 10.1. The maximum Gasteiger partial charge on any atom is 0.264 e. The molecule has 7 nitrogen and oxygen atoms in total. The summed E-state index contributed by atoms with van der Waals surface area (Å²) in [4.78, 5) is 28.6. The highest BCUT2D eigenvalue weighted by atomic mass is 127. The Morgan fingerprint density at radius 2 is 1.53 bits per heavy atom. The average molecular weight is 648 g/mol. The van der Waals surface area contributed by atoms with E-state index in [2.05, 4.69) is 27.9 Å². The number of hydrogen-bond donors (Lipinski definition) is 1. The van der Waals surface area contributed by atoms with Crippen molar-refractivity contribution in [2.75, 3.05) is 10.8 Å². The number of amides is 2. The molecule has 0 fully saturated rings. The standard InChI is InChI=1S/C29H34IN3O4S/c1-5-22(3)31-29(35)23(4)32(19-24-12-10-9-11-21(24)2)28(34)20-33(26-17-15-25(30)16-18-26)38(36,37)27-13-7-6-8-14-27/h6-18,22-23H,5,19-20H2,1-4H3,(H,31,35)/t22-,23+/m0/s1. The molecule has 38 heavy (non-hydrogen) atoms. The molecule has 0 aromatic heterocycles. The van der Waals surface area contributed by atoms with E-state index in [1.807, 2.05) is 45.0 Å². The first-order chi connectivity index (χ1) is 18.0. The van der Waals surface area contributed by atoms with E-state index < -0.39 is 28.5 Å². The van der Waals surface area contributed by atoms with Crippen LogP contribution in [-0.2, 0) is 26.2 Å². The number of nitrogens with zero attached hydrogens (tertiary/aromatic N) is 2. The molecule has 0 bridgehead atoms. The number of benzene rings is 3. The van der Waals surface area contributed by atoms with Gasteiger partial charge in [-0.3, -0.25) is 13.9 Å². The molecule has 9 heteroatoms. The van der Waals surface area contributed by atoms with Crippen molar-refractivity contribution < 1.29 is 18.0 Å². The highest BCUT2D eigenvalue weighted by Crippen LogP contribution is 2.25. The Morgan fingerprint density at radius 1 is 0.921 bits per heavy atom. The van der Waals surface area contributed by atoms with Gasteiger partial charge in [0.05, 0.1) is 10.6 Å². The molecule has 0 aliphatic heterocycles. The van der Waals surface area contributed by atoms with Gasteiger partial charge in [-0.2, -0.15) is 0 Å². The molecule has 202 valence electrons. The van der Waals surface area contributed by atoms with Crippen LogP contribution < -0.4 is 9.62 Å². The lowest BCUT2D eigenvalue weighted by Crippen LogP contribution is -2.52. The molecule has 0 radical (unpaired) electrons. The van der Waals surface area contributed by atoms with Crippen molar-refractivity contribution in [3.8, 4) is 0 Å². The Hall–Kier alpha value is -2.92. The van der Waals surface area contributed by atoms with Crippen molar-refractivity contribution in [1.29, 1.82) is 0 Å². The normalized spacial score (nSPS) is 12.9. The molecule has 2 atom stereocenters. The summed E-state index contributed by atoms with van der Waals surface area (Å²) in [5.74, 6) is -0.758. The Bertz CT molecular complexity index is 1350. The molecule has 0 saturated heterocycles. The predicted octanol–water partition coefficient (Wildman–Crippen LogP) is 5.13. The summed E-state index contributed by atoms with van der Waals surface area (Å²) >= 11 is 2.14. The van der Waals surface area contributed by atoms with E-state index in [0.717, 1.165) is 25.4 Å². The van der Waals surface area contributed by atoms with Crippen LogP contribution in [0.25, 0.3) is 0 Å². The summed E-state index contributed by atoms with van der Waals surface area (Å²) in [7, 11) is -4.06.